The van der Waals surface area contributed by atoms with Crippen molar-refractivity contribution in [3.63, 3.8) is 0 Å². The number of hydrogen-bond acceptors (Lipinski definition) is 5. The molecule has 0 saturated carbocycles. The Hall–Kier alpha value is -0.550. The summed E-state index contributed by atoms with van der Waals surface area (Å²) in [6, 6.07) is 0.315. The van der Waals surface area contributed by atoms with Crippen LogP contribution in [0, 0.1) is 13.8 Å². The largest absolute Gasteiger partial charge is 0.358 e. The number of nitrogens with one attached hydrogen (secondary N) is 1. The van der Waals surface area contributed by atoms with E-state index < -0.39 is 0 Å². The van der Waals surface area contributed by atoms with Crippen LogP contribution in [-0.4, -0.2) is 22.4 Å². The van der Waals surface area contributed by atoms with E-state index in [1.54, 1.807) is 11.3 Å². The van der Waals surface area contributed by atoms with Gasteiger partial charge in [0.05, 0.1) is 16.7 Å². The van der Waals surface area contributed by atoms with Gasteiger partial charge in [-0.05, 0) is 27.2 Å². The van der Waals surface area contributed by atoms with Crippen LogP contribution < -0.4 is 5.32 Å². The summed E-state index contributed by atoms with van der Waals surface area (Å²) in [6.45, 7) is 7.27. The lowest BCUT2D eigenvalue weighted by Crippen LogP contribution is -2.26. The van der Waals surface area contributed by atoms with Crippen molar-refractivity contribution >= 4 is 28.3 Å². The minimum atomic E-state index is 0.315. The monoisotopic (exact) mass is 255 g/mol. The van der Waals surface area contributed by atoms with E-state index in [2.05, 4.69) is 36.1 Å². The molecule has 1 aromatic heterocycles. The molecule has 0 aliphatic carbocycles. The topological polar surface area (TPSA) is 37.3 Å². The highest BCUT2D eigenvalue weighted by molar-refractivity contribution is 8.13. The normalized spacial score (nSPS) is 18.1. The van der Waals surface area contributed by atoms with Gasteiger partial charge in [0.15, 0.2) is 5.17 Å². The van der Waals surface area contributed by atoms with Crippen LogP contribution in [0.25, 0.3) is 0 Å². The highest BCUT2D eigenvalue weighted by atomic mass is 32.2. The van der Waals surface area contributed by atoms with E-state index >= 15 is 0 Å². The molecule has 16 heavy (non-hydrogen) atoms. The van der Waals surface area contributed by atoms with Gasteiger partial charge in [-0.25, -0.2) is 4.98 Å². The Morgan fingerprint density at radius 2 is 2.19 bits per heavy atom. The third-order valence-corrected chi connectivity index (χ3v) is 4.74. The van der Waals surface area contributed by atoms with Gasteiger partial charge in [-0.3, -0.25) is 4.99 Å². The van der Waals surface area contributed by atoms with Crippen molar-refractivity contribution in [3.8, 4) is 0 Å². The molecule has 1 aromatic rings. The maximum Gasteiger partial charge on any atom is 0.157 e. The second kappa shape index (κ2) is 5.19. The van der Waals surface area contributed by atoms with Gasteiger partial charge in [-0.15, -0.1) is 11.3 Å². The fraction of sp³-hybridized carbons (Fsp3) is 0.636. The third-order valence-electron chi connectivity index (χ3n) is 2.47. The predicted molar refractivity (Wildman–Crippen MR) is 72.5 cm³/mol. The first-order valence-corrected chi connectivity index (χ1v) is 7.34. The molecular formula is C11H17N3S2. The van der Waals surface area contributed by atoms with Crippen LogP contribution in [0.15, 0.2) is 4.99 Å². The molecule has 0 amide bonds. The molecule has 1 atom stereocenters. The number of amidine groups is 1. The Labute approximate surface area is 105 Å². The maximum absolute atomic E-state index is 4.48. The fourth-order valence-corrected chi connectivity index (χ4v) is 3.59. The predicted octanol–water partition coefficient (Wildman–Crippen LogP) is 2.90. The number of thiazole rings is 1. The molecule has 5 heteroatoms. The first-order chi connectivity index (χ1) is 7.66. The van der Waals surface area contributed by atoms with Crippen LogP contribution in [0.5, 0.6) is 0 Å². The van der Waals surface area contributed by atoms with Crippen LogP contribution in [0.4, 0.5) is 0 Å². The summed E-state index contributed by atoms with van der Waals surface area (Å²) in [7, 11) is 0. The molecule has 1 unspecified atom stereocenters. The summed E-state index contributed by atoms with van der Waals surface area (Å²) in [5, 5.41) is 5.70. The van der Waals surface area contributed by atoms with Crippen LogP contribution >= 0.6 is 23.1 Å². The Morgan fingerprint density at radius 1 is 1.38 bits per heavy atom. The van der Waals surface area contributed by atoms with E-state index in [-0.39, 0.29) is 0 Å². The zero-order chi connectivity index (χ0) is 11.5. The number of rotatable bonds is 2. The molecule has 3 nitrogen and oxygen atoms in total. The molecule has 0 aromatic carbocycles. The highest BCUT2D eigenvalue weighted by Crippen LogP contribution is 2.25. The zero-order valence-corrected chi connectivity index (χ0v) is 11.5. The Balaban J connectivity index is 2.04. The highest BCUT2D eigenvalue weighted by Gasteiger charge is 2.15. The van der Waals surface area contributed by atoms with Gasteiger partial charge in [-0.1, -0.05) is 11.8 Å². The number of aliphatic imine (C=N–C) groups is 1. The first-order valence-electron chi connectivity index (χ1n) is 5.54. The van der Waals surface area contributed by atoms with Crippen molar-refractivity contribution in [2.75, 3.05) is 12.3 Å². The molecule has 0 saturated heterocycles. The molecule has 1 aliphatic rings. The van der Waals surface area contributed by atoms with Crippen molar-refractivity contribution in [2.24, 2.45) is 4.99 Å². The lowest BCUT2D eigenvalue weighted by Gasteiger charge is -2.18. The zero-order valence-electron chi connectivity index (χ0n) is 9.91. The molecule has 88 valence electrons. The van der Waals surface area contributed by atoms with Gasteiger partial charge >= 0.3 is 0 Å². The maximum atomic E-state index is 4.48. The van der Waals surface area contributed by atoms with Crippen molar-refractivity contribution in [1.29, 1.82) is 0 Å². The van der Waals surface area contributed by atoms with Crippen molar-refractivity contribution < 1.29 is 0 Å². The minimum Gasteiger partial charge on any atom is -0.358 e. The fourth-order valence-electron chi connectivity index (χ4n) is 1.75. The smallest absolute Gasteiger partial charge is 0.157 e. The summed E-state index contributed by atoms with van der Waals surface area (Å²) >= 11 is 3.60. The van der Waals surface area contributed by atoms with E-state index in [9.17, 15) is 0 Å². The van der Waals surface area contributed by atoms with Crippen molar-refractivity contribution in [3.05, 3.63) is 15.6 Å². The average Bonchev–Trinajstić information content (AvgIpc) is 2.59. The standard InChI is InChI=1S/C11H17N3S2/c1-7-10(16-9(3)13-7)8(2)14-11-12-5-4-6-15-11/h8H,4-6H2,1-3H3,(H,12,14). The number of hydrogen-bond donors (Lipinski definition) is 1. The molecule has 0 fully saturated rings. The summed E-state index contributed by atoms with van der Waals surface area (Å²) in [6.07, 6.45) is 1.20. The van der Waals surface area contributed by atoms with Gasteiger partial charge in [0.2, 0.25) is 0 Å². The first kappa shape index (κ1) is 11.9. The van der Waals surface area contributed by atoms with Crippen LogP contribution in [0.3, 0.4) is 0 Å². The van der Waals surface area contributed by atoms with Crippen LogP contribution in [-0.2, 0) is 0 Å². The second-order valence-corrected chi connectivity index (χ2v) is 6.26. The third kappa shape index (κ3) is 2.77. The van der Waals surface area contributed by atoms with Crippen molar-refractivity contribution in [1.82, 2.24) is 10.3 Å². The number of nitrogens with zero attached hydrogens (tertiary/aromatic N) is 2. The van der Waals surface area contributed by atoms with Gasteiger partial charge in [-0.2, -0.15) is 0 Å². The molecule has 2 heterocycles. The SMILES string of the molecule is Cc1nc(C)c(C(C)NC2=NCCCS2)s1. The molecule has 0 radical (unpaired) electrons. The molecular weight excluding hydrogens is 238 g/mol. The molecule has 1 aliphatic heterocycles. The van der Waals surface area contributed by atoms with E-state index in [0.29, 0.717) is 6.04 Å². The Bertz CT molecular complexity index is 398. The van der Waals surface area contributed by atoms with E-state index in [1.807, 2.05) is 11.8 Å². The number of aromatic nitrogens is 1. The quantitative estimate of drug-likeness (QED) is 0.883. The Kier molecular flexibility index (Phi) is 3.86. The van der Waals surface area contributed by atoms with Gasteiger partial charge < -0.3 is 5.32 Å². The second-order valence-electron chi connectivity index (χ2n) is 3.94. The number of aryl methyl sites for hydroxylation is 2. The molecule has 0 bridgehead atoms. The summed E-state index contributed by atoms with van der Waals surface area (Å²) in [5.41, 5.74) is 1.14. The molecule has 1 N–H and O–H groups in total. The summed E-state index contributed by atoms with van der Waals surface area (Å²) < 4.78 is 0. The van der Waals surface area contributed by atoms with Gasteiger partial charge in [0, 0.05) is 17.2 Å². The van der Waals surface area contributed by atoms with Gasteiger partial charge in [0.25, 0.3) is 0 Å². The van der Waals surface area contributed by atoms with Crippen molar-refractivity contribution in [2.45, 2.75) is 33.2 Å². The summed E-state index contributed by atoms with van der Waals surface area (Å²) in [4.78, 5) is 10.3. The lowest BCUT2D eigenvalue weighted by molar-refractivity contribution is 0.724. The van der Waals surface area contributed by atoms with Crippen LogP contribution in [0.1, 0.15) is 35.0 Å². The Morgan fingerprint density at radius 3 is 2.75 bits per heavy atom. The van der Waals surface area contributed by atoms with E-state index in [0.717, 1.165) is 22.4 Å². The van der Waals surface area contributed by atoms with E-state index in [1.165, 1.54) is 17.1 Å². The lowest BCUT2D eigenvalue weighted by atomic mass is 10.2. The molecule has 0 spiro atoms. The average molecular weight is 255 g/mol. The minimum absolute atomic E-state index is 0.315. The van der Waals surface area contributed by atoms with Gasteiger partial charge in [0.1, 0.15) is 0 Å². The molecule has 2 rings (SSSR count). The van der Waals surface area contributed by atoms with Crippen LogP contribution in [0.2, 0.25) is 0 Å². The summed E-state index contributed by atoms with van der Waals surface area (Å²) in [5.74, 6) is 1.18. The van der Waals surface area contributed by atoms with E-state index in [4.69, 9.17) is 0 Å². The number of thioether (sulfide) groups is 1.